The lowest BCUT2D eigenvalue weighted by Gasteiger charge is -2.11. The lowest BCUT2D eigenvalue weighted by molar-refractivity contribution is -0.107. The summed E-state index contributed by atoms with van der Waals surface area (Å²) in [5, 5.41) is 2.98. The first-order valence-corrected chi connectivity index (χ1v) is 8.95. The number of aryl methyl sites for hydroxylation is 1. The summed E-state index contributed by atoms with van der Waals surface area (Å²) in [6.07, 6.45) is 2.21. The average Bonchev–Trinajstić information content (AvgIpc) is 3.05. The van der Waals surface area contributed by atoms with Gasteiger partial charge in [0.25, 0.3) is 0 Å². The number of anilines is 3. The molecule has 4 rings (SSSR count). The second-order valence-electron chi connectivity index (χ2n) is 6.57. The Balaban J connectivity index is 1.60. The van der Waals surface area contributed by atoms with E-state index in [1.54, 1.807) is 42.1 Å². The van der Waals surface area contributed by atoms with Gasteiger partial charge >= 0.3 is 0 Å². The Kier molecular flexibility index (Phi) is 5.01. The standard InChI is InChI=1S/C21H17F2N5O2/c1-27(12-29)20-11-15(7-8-24-20)30-14-4-6-19-18(10-14)26-21(28(19)2)25-13-3-5-16(22)17(23)9-13/h3-12H,1-2H3,(H,25,26). The maximum atomic E-state index is 13.5. The molecule has 4 aromatic rings. The van der Waals surface area contributed by atoms with Gasteiger partial charge in [-0.25, -0.2) is 18.7 Å². The molecule has 2 aromatic carbocycles. The predicted molar refractivity (Wildman–Crippen MR) is 109 cm³/mol. The molecule has 30 heavy (non-hydrogen) atoms. The summed E-state index contributed by atoms with van der Waals surface area (Å²) < 4.78 is 34.3. The highest BCUT2D eigenvalue weighted by Crippen LogP contribution is 2.29. The highest BCUT2D eigenvalue weighted by molar-refractivity contribution is 5.81. The minimum atomic E-state index is -0.939. The first-order valence-electron chi connectivity index (χ1n) is 8.95. The van der Waals surface area contributed by atoms with Crippen LogP contribution in [0.4, 0.5) is 26.2 Å². The number of nitrogens with one attached hydrogen (secondary N) is 1. The molecule has 1 N–H and O–H groups in total. The minimum absolute atomic E-state index is 0.382. The molecule has 0 bridgehead atoms. The number of benzene rings is 2. The normalized spacial score (nSPS) is 10.8. The molecule has 0 spiro atoms. The third-order valence-corrected chi connectivity index (χ3v) is 4.50. The van der Waals surface area contributed by atoms with Gasteiger partial charge in [0.05, 0.1) is 11.0 Å². The second kappa shape index (κ2) is 7.78. The van der Waals surface area contributed by atoms with Crippen LogP contribution in [0, 0.1) is 11.6 Å². The summed E-state index contributed by atoms with van der Waals surface area (Å²) in [7, 11) is 3.41. The van der Waals surface area contributed by atoms with E-state index in [4.69, 9.17) is 4.74 Å². The Hall–Kier alpha value is -4.01. The summed E-state index contributed by atoms with van der Waals surface area (Å²) in [5.74, 6) is 0.138. The van der Waals surface area contributed by atoms with Gasteiger partial charge in [-0.1, -0.05) is 0 Å². The zero-order valence-electron chi connectivity index (χ0n) is 16.1. The van der Waals surface area contributed by atoms with Crippen LogP contribution in [0.1, 0.15) is 0 Å². The molecule has 7 nitrogen and oxygen atoms in total. The van der Waals surface area contributed by atoms with E-state index in [0.717, 1.165) is 17.6 Å². The van der Waals surface area contributed by atoms with Crippen LogP contribution in [0.2, 0.25) is 0 Å². The van der Waals surface area contributed by atoms with Gasteiger partial charge in [0, 0.05) is 44.2 Å². The van der Waals surface area contributed by atoms with Gasteiger partial charge < -0.3 is 19.5 Å². The number of carbonyl (C=O) groups is 1. The molecule has 0 aliphatic heterocycles. The highest BCUT2D eigenvalue weighted by atomic mass is 19.2. The third kappa shape index (κ3) is 3.77. The topological polar surface area (TPSA) is 72.3 Å². The van der Waals surface area contributed by atoms with Crippen molar-refractivity contribution < 1.29 is 18.3 Å². The molecule has 0 fully saturated rings. The number of pyridine rings is 1. The Labute approximate surface area is 170 Å². The zero-order chi connectivity index (χ0) is 21.3. The summed E-state index contributed by atoms with van der Waals surface area (Å²) in [5.41, 5.74) is 1.86. The third-order valence-electron chi connectivity index (χ3n) is 4.50. The van der Waals surface area contributed by atoms with Gasteiger partial charge in [0.1, 0.15) is 17.3 Å². The molecule has 0 aliphatic rings. The number of halogens is 2. The number of hydrogen-bond acceptors (Lipinski definition) is 5. The number of fused-ring (bicyclic) bond motifs is 1. The van der Waals surface area contributed by atoms with Gasteiger partial charge in [-0.15, -0.1) is 0 Å². The van der Waals surface area contributed by atoms with Crippen molar-refractivity contribution in [2.45, 2.75) is 0 Å². The second-order valence-corrected chi connectivity index (χ2v) is 6.57. The molecule has 0 aliphatic carbocycles. The van der Waals surface area contributed by atoms with Crippen molar-refractivity contribution in [3.63, 3.8) is 0 Å². The molecule has 152 valence electrons. The van der Waals surface area contributed by atoms with Crippen molar-refractivity contribution in [1.82, 2.24) is 14.5 Å². The molecule has 0 radical (unpaired) electrons. The van der Waals surface area contributed by atoms with E-state index < -0.39 is 11.6 Å². The van der Waals surface area contributed by atoms with Crippen LogP contribution in [-0.4, -0.2) is 28.0 Å². The monoisotopic (exact) mass is 409 g/mol. The highest BCUT2D eigenvalue weighted by Gasteiger charge is 2.11. The average molecular weight is 409 g/mol. The number of rotatable bonds is 6. The Morgan fingerprint density at radius 1 is 1.07 bits per heavy atom. The zero-order valence-corrected chi connectivity index (χ0v) is 16.1. The largest absolute Gasteiger partial charge is 0.457 e. The van der Waals surface area contributed by atoms with Gasteiger partial charge in [0.15, 0.2) is 11.6 Å². The lowest BCUT2D eigenvalue weighted by atomic mass is 10.3. The van der Waals surface area contributed by atoms with E-state index in [0.29, 0.717) is 40.9 Å². The smallest absolute Gasteiger partial charge is 0.215 e. The van der Waals surface area contributed by atoms with Crippen LogP contribution < -0.4 is 15.0 Å². The molecule has 9 heteroatoms. The molecule has 0 saturated carbocycles. The molecule has 0 unspecified atom stereocenters. The SMILES string of the molecule is CN(C=O)c1cc(Oc2ccc3c(c2)nc(Nc2ccc(F)c(F)c2)n3C)ccn1. The Morgan fingerprint density at radius 2 is 1.87 bits per heavy atom. The summed E-state index contributed by atoms with van der Waals surface area (Å²) in [6.45, 7) is 0. The number of carbonyl (C=O) groups excluding carboxylic acids is 1. The molecule has 0 atom stereocenters. The molecular formula is C21H17F2N5O2. The molecule has 2 heterocycles. The quantitative estimate of drug-likeness (QED) is 0.479. The summed E-state index contributed by atoms with van der Waals surface area (Å²) in [6, 6.07) is 12.3. The summed E-state index contributed by atoms with van der Waals surface area (Å²) in [4.78, 5) is 20.9. The number of hydrogen-bond donors (Lipinski definition) is 1. The first kappa shape index (κ1) is 19.3. The van der Waals surface area contributed by atoms with Crippen LogP contribution in [-0.2, 0) is 11.8 Å². The maximum Gasteiger partial charge on any atom is 0.215 e. The first-order chi connectivity index (χ1) is 14.4. The van der Waals surface area contributed by atoms with Gasteiger partial charge in [-0.2, -0.15) is 0 Å². The van der Waals surface area contributed by atoms with E-state index >= 15 is 0 Å². The number of amides is 1. The lowest BCUT2D eigenvalue weighted by Crippen LogP contribution is -2.14. The predicted octanol–water partition coefficient (Wildman–Crippen LogP) is 4.38. The van der Waals surface area contributed by atoms with Crippen molar-refractivity contribution in [3.8, 4) is 11.5 Å². The van der Waals surface area contributed by atoms with Crippen LogP contribution in [0.3, 0.4) is 0 Å². The minimum Gasteiger partial charge on any atom is -0.457 e. The Morgan fingerprint density at radius 3 is 2.63 bits per heavy atom. The van der Waals surface area contributed by atoms with Crippen molar-refractivity contribution >= 4 is 34.9 Å². The fourth-order valence-corrected chi connectivity index (χ4v) is 2.90. The molecule has 0 saturated heterocycles. The Bertz CT molecular complexity index is 1240. The number of aromatic nitrogens is 3. The number of nitrogens with zero attached hydrogens (tertiary/aromatic N) is 4. The fraction of sp³-hybridized carbons (Fsp3) is 0.0952. The van der Waals surface area contributed by atoms with Crippen LogP contribution in [0.5, 0.6) is 11.5 Å². The van der Waals surface area contributed by atoms with E-state index in [-0.39, 0.29) is 0 Å². The van der Waals surface area contributed by atoms with Crippen molar-refractivity contribution in [2.24, 2.45) is 7.05 Å². The van der Waals surface area contributed by atoms with Crippen molar-refractivity contribution in [3.05, 3.63) is 66.4 Å². The van der Waals surface area contributed by atoms with Crippen molar-refractivity contribution in [2.75, 3.05) is 17.3 Å². The van der Waals surface area contributed by atoms with E-state index in [9.17, 15) is 13.6 Å². The molecule has 2 aromatic heterocycles. The van der Waals surface area contributed by atoms with E-state index in [2.05, 4.69) is 15.3 Å². The number of ether oxygens (including phenoxy) is 1. The van der Waals surface area contributed by atoms with E-state index in [1.807, 2.05) is 13.1 Å². The molecular weight excluding hydrogens is 392 g/mol. The van der Waals surface area contributed by atoms with Gasteiger partial charge in [-0.3, -0.25) is 4.79 Å². The molecule has 1 amide bonds. The van der Waals surface area contributed by atoms with Crippen LogP contribution in [0.15, 0.2) is 54.7 Å². The van der Waals surface area contributed by atoms with Crippen LogP contribution >= 0.6 is 0 Å². The van der Waals surface area contributed by atoms with Crippen molar-refractivity contribution in [1.29, 1.82) is 0 Å². The van der Waals surface area contributed by atoms with E-state index in [1.165, 1.54) is 11.0 Å². The van der Waals surface area contributed by atoms with Crippen LogP contribution in [0.25, 0.3) is 11.0 Å². The number of imidazole rings is 1. The van der Waals surface area contributed by atoms with Gasteiger partial charge in [-0.05, 0) is 30.3 Å². The van der Waals surface area contributed by atoms with Gasteiger partial charge in [0.2, 0.25) is 12.4 Å². The summed E-state index contributed by atoms with van der Waals surface area (Å²) >= 11 is 0. The maximum absolute atomic E-state index is 13.5. The fourth-order valence-electron chi connectivity index (χ4n) is 2.90.